The molecule has 0 bridgehead atoms. The molecule has 0 aromatic carbocycles. The lowest BCUT2D eigenvalue weighted by Crippen LogP contribution is -2.35. The highest BCUT2D eigenvalue weighted by atomic mass is 16.1. The minimum Gasteiger partial charge on any atom is -0.365 e. The van der Waals surface area contributed by atoms with Crippen LogP contribution in [0.5, 0.6) is 0 Å². The standard InChI is InChI=1S/C14H23N3O/c1-5-14(6-7-14)10-16-11-12(18)17(9-8-15-11)13(2,3)4/h8-9H,5-7,10H2,1-4H3,(H,15,16). The lowest BCUT2D eigenvalue weighted by atomic mass is 10.0. The zero-order chi connectivity index (χ0) is 13.4. The van der Waals surface area contributed by atoms with E-state index in [0.717, 1.165) is 6.54 Å². The van der Waals surface area contributed by atoms with Crippen molar-refractivity contribution in [1.29, 1.82) is 0 Å². The van der Waals surface area contributed by atoms with E-state index < -0.39 is 0 Å². The number of nitrogens with zero attached hydrogens (tertiary/aromatic N) is 2. The highest BCUT2D eigenvalue weighted by Gasteiger charge is 2.40. The van der Waals surface area contributed by atoms with Crippen LogP contribution in [0.1, 0.15) is 47.0 Å². The van der Waals surface area contributed by atoms with E-state index in [2.05, 4.69) is 17.2 Å². The molecular weight excluding hydrogens is 226 g/mol. The summed E-state index contributed by atoms with van der Waals surface area (Å²) in [6, 6.07) is 0. The summed E-state index contributed by atoms with van der Waals surface area (Å²) in [6.45, 7) is 9.13. The Bertz CT molecular complexity index is 481. The molecule has 2 rings (SSSR count). The van der Waals surface area contributed by atoms with E-state index in [1.165, 1.54) is 19.3 Å². The number of nitrogens with one attached hydrogen (secondary N) is 1. The molecule has 0 saturated heterocycles. The van der Waals surface area contributed by atoms with Crippen LogP contribution in [0.3, 0.4) is 0 Å². The van der Waals surface area contributed by atoms with Gasteiger partial charge in [-0.2, -0.15) is 0 Å². The Morgan fingerprint density at radius 1 is 1.44 bits per heavy atom. The highest BCUT2D eigenvalue weighted by molar-refractivity contribution is 5.32. The van der Waals surface area contributed by atoms with E-state index >= 15 is 0 Å². The molecule has 1 heterocycles. The second-order valence-electron chi connectivity index (χ2n) is 6.33. The summed E-state index contributed by atoms with van der Waals surface area (Å²) in [5.41, 5.74) is 0.173. The summed E-state index contributed by atoms with van der Waals surface area (Å²) in [5, 5.41) is 3.23. The van der Waals surface area contributed by atoms with Gasteiger partial charge in [-0.15, -0.1) is 0 Å². The number of anilines is 1. The van der Waals surface area contributed by atoms with Gasteiger partial charge in [0.1, 0.15) is 0 Å². The molecule has 1 fully saturated rings. The molecule has 1 aromatic heterocycles. The lowest BCUT2D eigenvalue weighted by Gasteiger charge is -2.23. The van der Waals surface area contributed by atoms with E-state index in [-0.39, 0.29) is 11.1 Å². The molecule has 1 N–H and O–H groups in total. The van der Waals surface area contributed by atoms with Crippen molar-refractivity contribution in [2.24, 2.45) is 5.41 Å². The minimum atomic E-state index is -0.210. The maximum Gasteiger partial charge on any atom is 0.293 e. The van der Waals surface area contributed by atoms with Gasteiger partial charge in [-0.05, 0) is 45.4 Å². The third-order valence-corrected chi connectivity index (χ3v) is 3.90. The molecule has 4 nitrogen and oxygen atoms in total. The summed E-state index contributed by atoms with van der Waals surface area (Å²) >= 11 is 0. The van der Waals surface area contributed by atoms with Crippen molar-refractivity contribution in [3.8, 4) is 0 Å². The first-order chi connectivity index (χ1) is 8.38. The van der Waals surface area contributed by atoms with Crippen molar-refractivity contribution in [3.05, 3.63) is 22.7 Å². The fourth-order valence-electron chi connectivity index (χ4n) is 2.16. The summed E-state index contributed by atoms with van der Waals surface area (Å²) in [6.07, 6.45) is 7.13. The molecular formula is C14H23N3O. The molecule has 1 aliphatic carbocycles. The van der Waals surface area contributed by atoms with Crippen LogP contribution >= 0.6 is 0 Å². The molecule has 0 atom stereocenters. The molecule has 0 aliphatic heterocycles. The van der Waals surface area contributed by atoms with Gasteiger partial charge in [-0.3, -0.25) is 4.79 Å². The van der Waals surface area contributed by atoms with E-state index in [1.54, 1.807) is 17.0 Å². The zero-order valence-corrected chi connectivity index (χ0v) is 11.8. The quantitative estimate of drug-likeness (QED) is 0.892. The van der Waals surface area contributed by atoms with Crippen LogP contribution in [-0.4, -0.2) is 16.1 Å². The maximum absolute atomic E-state index is 12.3. The van der Waals surface area contributed by atoms with Crippen LogP contribution in [-0.2, 0) is 5.54 Å². The van der Waals surface area contributed by atoms with E-state index in [9.17, 15) is 4.79 Å². The van der Waals surface area contributed by atoms with Crippen molar-refractivity contribution < 1.29 is 0 Å². The molecule has 100 valence electrons. The average molecular weight is 249 g/mol. The van der Waals surface area contributed by atoms with Gasteiger partial charge < -0.3 is 9.88 Å². The second-order valence-corrected chi connectivity index (χ2v) is 6.33. The van der Waals surface area contributed by atoms with Gasteiger partial charge >= 0.3 is 0 Å². The van der Waals surface area contributed by atoms with Crippen molar-refractivity contribution >= 4 is 5.82 Å². The van der Waals surface area contributed by atoms with Gasteiger partial charge in [0.2, 0.25) is 0 Å². The molecule has 1 aliphatic rings. The zero-order valence-electron chi connectivity index (χ0n) is 11.8. The third-order valence-electron chi connectivity index (χ3n) is 3.90. The Labute approximate surface area is 108 Å². The molecule has 18 heavy (non-hydrogen) atoms. The second kappa shape index (κ2) is 4.41. The van der Waals surface area contributed by atoms with Crippen LogP contribution in [0.15, 0.2) is 17.2 Å². The SMILES string of the molecule is CCC1(CNc2nccn(C(C)(C)C)c2=O)CC1. The van der Waals surface area contributed by atoms with Gasteiger partial charge in [0.25, 0.3) is 5.56 Å². The third kappa shape index (κ3) is 2.57. The minimum absolute atomic E-state index is 0.0306. The number of rotatable bonds is 4. The maximum atomic E-state index is 12.3. The first-order valence-corrected chi connectivity index (χ1v) is 6.70. The number of hydrogen-bond donors (Lipinski definition) is 1. The first kappa shape index (κ1) is 13.1. The van der Waals surface area contributed by atoms with Crippen LogP contribution in [0, 0.1) is 5.41 Å². The normalized spacial score (nSPS) is 17.6. The summed E-state index contributed by atoms with van der Waals surface area (Å²) in [5.74, 6) is 0.479. The van der Waals surface area contributed by atoms with Gasteiger partial charge in [0.15, 0.2) is 5.82 Å². The van der Waals surface area contributed by atoms with E-state index in [4.69, 9.17) is 0 Å². The van der Waals surface area contributed by atoms with E-state index in [0.29, 0.717) is 11.2 Å². The molecule has 0 unspecified atom stereocenters. The molecule has 4 heteroatoms. The van der Waals surface area contributed by atoms with Crippen LogP contribution < -0.4 is 10.9 Å². The Balaban J connectivity index is 2.17. The van der Waals surface area contributed by atoms with Crippen LogP contribution in [0.25, 0.3) is 0 Å². The Hall–Kier alpha value is -1.32. The van der Waals surface area contributed by atoms with Gasteiger partial charge in [-0.25, -0.2) is 4.98 Å². The van der Waals surface area contributed by atoms with Crippen molar-refractivity contribution in [2.75, 3.05) is 11.9 Å². The monoisotopic (exact) mass is 249 g/mol. The van der Waals surface area contributed by atoms with Crippen molar-refractivity contribution in [3.63, 3.8) is 0 Å². The molecule has 0 spiro atoms. The fourth-order valence-corrected chi connectivity index (χ4v) is 2.16. The predicted molar refractivity (Wildman–Crippen MR) is 73.9 cm³/mol. The van der Waals surface area contributed by atoms with Crippen molar-refractivity contribution in [2.45, 2.75) is 52.5 Å². The number of aromatic nitrogens is 2. The van der Waals surface area contributed by atoms with E-state index in [1.807, 2.05) is 20.8 Å². The lowest BCUT2D eigenvalue weighted by molar-refractivity contribution is 0.383. The molecule has 1 aromatic rings. The van der Waals surface area contributed by atoms with Gasteiger partial charge in [0, 0.05) is 24.5 Å². The topological polar surface area (TPSA) is 46.9 Å². The molecule has 0 radical (unpaired) electrons. The highest BCUT2D eigenvalue weighted by Crippen LogP contribution is 2.48. The van der Waals surface area contributed by atoms with Gasteiger partial charge in [-0.1, -0.05) is 6.92 Å². The number of hydrogen-bond acceptors (Lipinski definition) is 3. The smallest absolute Gasteiger partial charge is 0.293 e. The Morgan fingerprint density at radius 2 is 2.11 bits per heavy atom. The predicted octanol–water partition coefficient (Wildman–Crippen LogP) is 2.60. The Kier molecular flexibility index (Phi) is 3.21. The molecule has 1 saturated carbocycles. The molecule has 0 amide bonds. The van der Waals surface area contributed by atoms with Gasteiger partial charge in [0.05, 0.1) is 0 Å². The van der Waals surface area contributed by atoms with Crippen LogP contribution in [0.2, 0.25) is 0 Å². The fraction of sp³-hybridized carbons (Fsp3) is 0.714. The Morgan fingerprint density at radius 3 is 2.61 bits per heavy atom. The summed E-state index contributed by atoms with van der Waals surface area (Å²) in [4.78, 5) is 16.5. The summed E-state index contributed by atoms with van der Waals surface area (Å²) < 4.78 is 1.73. The summed E-state index contributed by atoms with van der Waals surface area (Å²) in [7, 11) is 0. The van der Waals surface area contributed by atoms with Crippen molar-refractivity contribution in [1.82, 2.24) is 9.55 Å². The average Bonchev–Trinajstić information content (AvgIpc) is 3.07. The largest absolute Gasteiger partial charge is 0.365 e. The first-order valence-electron chi connectivity index (χ1n) is 6.70. The van der Waals surface area contributed by atoms with Crippen LogP contribution in [0.4, 0.5) is 5.82 Å².